The van der Waals surface area contributed by atoms with Crippen molar-refractivity contribution in [2.75, 3.05) is 7.05 Å². The molecular formula is C12H17BrN2. The van der Waals surface area contributed by atoms with Crippen LogP contribution in [0.25, 0.3) is 0 Å². The largest absolute Gasteiger partial charge is 0.312 e. The molecule has 0 saturated heterocycles. The highest BCUT2D eigenvalue weighted by Gasteiger charge is 2.23. The maximum atomic E-state index is 4.44. The normalized spacial score (nSPS) is 17.7. The van der Waals surface area contributed by atoms with Crippen LogP contribution >= 0.6 is 15.9 Å². The van der Waals surface area contributed by atoms with Crippen LogP contribution < -0.4 is 5.32 Å². The number of pyridine rings is 1. The Labute approximate surface area is 99.6 Å². The molecule has 1 aliphatic rings. The van der Waals surface area contributed by atoms with E-state index in [1.807, 2.05) is 19.3 Å². The second-order valence-corrected chi connectivity index (χ2v) is 5.09. The molecule has 1 aliphatic carbocycles. The lowest BCUT2D eigenvalue weighted by Gasteiger charge is -2.16. The minimum Gasteiger partial charge on any atom is -0.312 e. The van der Waals surface area contributed by atoms with Gasteiger partial charge in [0.1, 0.15) is 0 Å². The SMILES string of the molecule is CNC(CCC1CC1)c1ncccc1Br. The van der Waals surface area contributed by atoms with E-state index in [-0.39, 0.29) is 0 Å². The zero-order chi connectivity index (χ0) is 10.7. The van der Waals surface area contributed by atoms with Crippen molar-refractivity contribution < 1.29 is 0 Å². The summed E-state index contributed by atoms with van der Waals surface area (Å²) in [5, 5.41) is 3.35. The number of hydrogen-bond donors (Lipinski definition) is 1. The summed E-state index contributed by atoms with van der Waals surface area (Å²) < 4.78 is 1.11. The van der Waals surface area contributed by atoms with Crippen LogP contribution in [0.15, 0.2) is 22.8 Å². The Morgan fingerprint density at radius 1 is 1.60 bits per heavy atom. The van der Waals surface area contributed by atoms with Gasteiger partial charge in [0.2, 0.25) is 0 Å². The Hall–Kier alpha value is -0.410. The maximum absolute atomic E-state index is 4.44. The highest BCUT2D eigenvalue weighted by molar-refractivity contribution is 9.10. The minimum absolute atomic E-state index is 0.390. The van der Waals surface area contributed by atoms with Gasteiger partial charge in [-0.3, -0.25) is 4.98 Å². The summed E-state index contributed by atoms with van der Waals surface area (Å²) in [5.74, 6) is 0.989. The minimum atomic E-state index is 0.390. The fourth-order valence-corrected chi connectivity index (χ4v) is 2.41. The molecule has 1 N–H and O–H groups in total. The second-order valence-electron chi connectivity index (χ2n) is 4.23. The van der Waals surface area contributed by atoms with Crippen molar-refractivity contribution in [2.24, 2.45) is 5.92 Å². The molecule has 15 heavy (non-hydrogen) atoms. The Bertz CT molecular complexity index is 323. The molecule has 82 valence electrons. The predicted octanol–water partition coefficient (Wildman–Crippen LogP) is 3.29. The van der Waals surface area contributed by atoms with E-state index in [1.165, 1.54) is 25.7 Å². The number of rotatable bonds is 5. The molecular weight excluding hydrogens is 252 g/mol. The predicted molar refractivity (Wildman–Crippen MR) is 65.7 cm³/mol. The van der Waals surface area contributed by atoms with Crippen molar-refractivity contribution in [2.45, 2.75) is 31.7 Å². The molecule has 0 amide bonds. The fourth-order valence-electron chi connectivity index (χ4n) is 1.88. The summed E-state index contributed by atoms with van der Waals surface area (Å²) >= 11 is 3.56. The molecule has 0 radical (unpaired) electrons. The molecule has 1 aromatic rings. The molecule has 3 heteroatoms. The van der Waals surface area contributed by atoms with Gasteiger partial charge in [-0.25, -0.2) is 0 Å². The van der Waals surface area contributed by atoms with E-state index in [2.05, 4.69) is 32.3 Å². The molecule has 1 aromatic heterocycles. The zero-order valence-corrected chi connectivity index (χ0v) is 10.6. The van der Waals surface area contributed by atoms with E-state index in [0.29, 0.717) is 6.04 Å². The number of aromatic nitrogens is 1. The van der Waals surface area contributed by atoms with Gasteiger partial charge in [-0.05, 0) is 53.9 Å². The Morgan fingerprint density at radius 2 is 2.40 bits per heavy atom. The highest BCUT2D eigenvalue weighted by atomic mass is 79.9. The van der Waals surface area contributed by atoms with Gasteiger partial charge in [0.15, 0.2) is 0 Å². The first kappa shape index (κ1) is 11.1. The van der Waals surface area contributed by atoms with Crippen LogP contribution in [0.2, 0.25) is 0 Å². The van der Waals surface area contributed by atoms with E-state index in [0.717, 1.165) is 16.1 Å². The maximum Gasteiger partial charge on any atom is 0.0714 e. The van der Waals surface area contributed by atoms with Crippen molar-refractivity contribution in [1.29, 1.82) is 0 Å². The molecule has 2 nitrogen and oxygen atoms in total. The molecule has 0 aromatic carbocycles. The summed E-state index contributed by atoms with van der Waals surface area (Å²) in [7, 11) is 2.01. The van der Waals surface area contributed by atoms with E-state index < -0.39 is 0 Å². The summed E-state index contributed by atoms with van der Waals surface area (Å²) in [6.07, 6.45) is 7.24. The van der Waals surface area contributed by atoms with E-state index in [1.54, 1.807) is 0 Å². The summed E-state index contributed by atoms with van der Waals surface area (Å²) in [5.41, 5.74) is 1.14. The van der Waals surface area contributed by atoms with Gasteiger partial charge in [0.05, 0.1) is 11.7 Å². The van der Waals surface area contributed by atoms with Gasteiger partial charge in [-0.15, -0.1) is 0 Å². The van der Waals surface area contributed by atoms with E-state index in [9.17, 15) is 0 Å². The van der Waals surface area contributed by atoms with Gasteiger partial charge in [-0.2, -0.15) is 0 Å². The van der Waals surface area contributed by atoms with Crippen LogP contribution in [0.4, 0.5) is 0 Å². The van der Waals surface area contributed by atoms with Crippen LogP contribution in [0.3, 0.4) is 0 Å². The molecule has 1 saturated carbocycles. The summed E-state index contributed by atoms with van der Waals surface area (Å²) in [6, 6.07) is 4.41. The molecule has 0 aliphatic heterocycles. The third kappa shape index (κ3) is 3.02. The third-order valence-corrected chi connectivity index (χ3v) is 3.70. The van der Waals surface area contributed by atoms with Crippen molar-refractivity contribution in [3.63, 3.8) is 0 Å². The van der Waals surface area contributed by atoms with Gasteiger partial charge >= 0.3 is 0 Å². The molecule has 2 rings (SSSR count). The molecule has 1 atom stereocenters. The first-order valence-corrected chi connectivity index (χ1v) is 6.38. The van der Waals surface area contributed by atoms with E-state index in [4.69, 9.17) is 0 Å². The number of hydrogen-bond acceptors (Lipinski definition) is 2. The Balaban J connectivity index is 2.00. The first-order chi connectivity index (χ1) is 7.31. The molecule has 1 heterocycles. The van der Waals surface area contributed by atoms with Gasteiger partial charge in [-0.1, -0.05) is 12.8 Å². The lowest BCUT2D eigenvalue weighted by atomic mass is 10.1. The standard InChI is InChI=1S/C12H17BrN2/c1-14-11(7-6-9-4-5-9)12-10(13)3-2-8-15-12/h2-3,8-9,11,14H,4-7H2,1H3. The average molecular weight is 269 g/mol. The highest BCUT2D eigenvalue weighted by Crippen LogP contribution is 2.36. The van der Waals surface area contributed by atoms with Crippen molar-refractivity contribution in [1.82, 2.24) is 10.3 Å². The molecule has 1 unspecified atom stereocenters. The van der Waals surface area contributed by atoms with Gasteiger partial charge < -0.3 is 5.32 Å². The average Bonchev–Trinajstić information content (AvgIpc) is 3.05. The van der Waals surface area contributed by atoms with Crippen LogP contribution in [0.5, 0.6) is 0 Å². The second kappa shape index (κ2) is 5.08. The van der Waals surface area contributed by atoms with Gasteiger partial charge in [0, 0.05) is 10.7 Å². The number of nitrogens with one attached hydrogen (secondary N) is 1. The smallest absolute Gasteiger partial charge is 0.0714 e. The fraction of sp³-hybridized carbons (Fsp3) is 0.583. The molecule has 0 spiro atoms. The lowest BCUT2D eigenvalue weighted by Crippen LogP contribution is -2.18. The van der Waals surface area contributed by atoms with Crippen LogP contribution in [-0.4, -0.2) is 12.0 Å². The lowest BCUT2D eigenvalue weighted by molar-refractivity contribution is 0.494. The number of halogens is 1. The summed E-state index contributed by atoms with van der Waals surface area (Å²) in [6.45, 7) is 0. The van der Waals surface area contributed by atoms with Gasteiger partial charge in [0.25, 0.3) is 0 Å². The van der Waals surface area contributed by atoms with E-state index >= 15 is 0 Å². The number of nitrogens with zero attached hydrogens (tertiary/aromatic N) is 1. The Morgan fingerprint density at radius 3 is 3.00 bits per heavy atom. The van der Waals surface area contributed by atoms with Crippen molar-refractivity contribution in [3.05, 3.63) is 28.5 Å². The van der Waals surface area contributed by atoms with Crippen LogP contribution in [-0.2, 0) is 0 Å². The third-order valence-electron chi connectivity index (χ3n) is 3.03. The van der Waals surface area contributed by atoms with Crippen LogP contribution in [0.1, 0.15) is 37.4 Å². The topological polar surface area (TPSA) is 24.9 Å². The summed E-state index contributed by atoms with van der Waals surface area (Å²) in [4.78, 5) is 4.44. The molecule has 1 fully saturated rings. The van der Waals surface area contributed by atoms with Crippen molar-refractivity contribution >= 4 is 15.9 Å². The Kier molecular flexibility index (Phi) is 3.76. The first-order valence-electron chi connectivity index (χ1n) is 5.59. The zero-order valence-electron chi connectivity index (χ0n) is 9.04. The molecule has 0 bridgehead atoms. The quantitative estimate of drug-likeness (QED) is 0.887. The monoisotopic (exact) mass is 268 g/mol. The van der Waals surface area contributed by atoms with Crippen molar-refractivity contribution in [3.8, 4) is 0 Å². The van der Waals surface area contributed by atoms with Crippen LogP contribution in [0, 0.1) is 5.92 Å².